The third kappa shape index (κ3) is 3.34. The second-order valence-corrected chi connectivity index (χ2v) is 6.32. The molecule has 0 aliphatic carbocycles. The molecular formula is C13H10BrClO2S. The van der Waals surface area contributed by atoms with E-state index in [4.69, 9.17) is 16.3 Å². The molecule has 0 N–H and O–H groups in total. The Hall–Kier alpha value is -0.840. The highest BCUT2D eigenvalue weighted by Crippen LogP contribution is 2.24. The van der Waals surface area contributed by atoms with Gasteiger partial charge in [0.15, 0.2) is 6.10 Å². The normalized spacial score (nSPS) is 12.2. The fourth-order valence-corrected chi connectivity index (χ4v) is 2.88. The molecule has 0 aliphatic heterocycles. The highest BCUT2D eigenvalue weighted by Gasteiger charge is 2.18. The fourth-order valence-electron chi connectivity index (χ4n) is 1.45. The van der Waals surface area contributed by atoms with E-state index in [-0.39, 0.29) is 5.78 Å². The van der Waals surface area contributed by atoms with Crippen LogP contribution in [0.1, 0.15) is 16.6 Å². The van der Waals surface area contributed by atoms with Crippen LogP contribution >= 0.6 is 38.9 Å². The number of ketones is 1. The molecule has 2 nitrogen and oxygen atoms in total. The fraction of sp³-hybridized carbons (Fsp3) is 0.154. The van der Waals surface area contributed by atoms with E-state index < -0.39 is 6.10 Å². The van der Waals surface area contributed by atoms with Crippen LogP contribution in [0.2, 0.25) is 4.34 Å². The number of hydrogen-bond acceptors (Lipinski definition) is 3. The summed E-state index contributed by atoms with van der Waals surface area (Å²) in [5, 5.41) is 0. The predicted octanol–water partition coefficient (Wildman–Crippen LogP) is 4.81. The Bertz CT molecular complexity index is 568. The van der Waals surface area contributed by atoms with E-state index in [0.29, 0.717) is 15.0 Å². The number of carbonyl (C=O) groups excluding carboxylic acids is 1. The molecule has 2 aromatic rings. The van der Waals surface area contributed by atoms with E-state index in [2.05, 4.69) is 15.9 Å². The van der Waals surface area contributed by atoms with E-state index in [9.17, 15) is 4.79 Å². The van der Waals surface area contributed by atoms with Crippen molar-refractivity contribution in [1.29, 1.82) is 0 Å². The van der Waals surface area contributed by atoms with Gasteiger partial charge >= 0.3 is 0 Å². The number of Topliss-reactive ketones (excluding diaryl/α,β-unsaturated/α-hetero) is 1. The van der Waals surface area contributed by atoms with Gasteiger partial charge in [-0.2, -0.15) is 0 Å². The van der Waals surface area contributed by atoms with Crippen LogP contribution in [0, 0.1) is 0 Å². The largest absolute Gasteiger partial charge is 0.482 e. The maximum Gasteiger partial charge on any atom is 0.212 e. The summed E-state index contributed by atoms with van der Waals surface area (Å²) in [5.41, 5.74) is 0. The van der Waals surface area contributed by atoms with Crippen LogP contribution < -0.4 is 4.74 Å². The monoisotopic (exact) mass is 344 g/mol. The van der Waals surface area contributed by atoms with Crippen LogP contribution in [0.15, 0.2) is 40.9 Å². The number of hydrogen-bond donors (Lipinski definition) is 0. The number of rotatable bonds is 4. The smallest absolute Gasteiger partial charge is 0.212 e. The molecule has 94 valence electrons. The number of thiophene rings is 1. The van der Waals surface area contributed by atoms with Crippen LogP contribution in [0.3, 0.4) is 0 Å². The van der Waals surface area contributed by atoms with Crippen molar-refractivity contribution >= 4 is 44.7 Å². The molecule has 18 heavy (non-hydrogen) atoms. The van der Waals surface area contributed by atoms with E-state index in [1.165, 1.54) is 11.3 Å². The minimum Gasteiger partial charge on any atom is -0.482 e. The van der Waals surface area contributed by atoms with Gasteiger partial charge in [0.05, 0.1) is 9.21 Å². The number of ether oxygens (including phenoxy) is 1. The van der Waals surface area contributed by atoms with Gasteiger partial charge in [0.25, 0.3) is 0 Å². The molecule has 0 radical (unpaired) electrons. The first-order valence-electron chi connectivity index (χ1n) is 5.28. The lowest BCUT2D eigenvalue weighted by molar-refractivity contribution is 0.0822. The molecule has 1 heterocycles. The first-order chi connectivity index (χ1) is 8.56. The Balaban J connectivity index is 2.08. The quantitative estimate of drug-likeness (QED) is 0.743. The molecule has 1 unspecified atom stereocenters. The third-order valence-corrected chi connectivity index (χ3v) is 4.03. The Labute approximate surface area is 123 Å². The van der Waals surface area contributed by atoms with Gasteiger partial charge in [-0.05, 0) is 37.3 Å². The molecular weight excluding hydrogens is 336 g/mol. The molecule has 1 atom stereocenters. The van der Waals surface area contributed by atoms with Crippen molar-refractivity contribution in [3.8, 4) is 5.75 Å². The van der Waals surface area contributed by atoms with Crippen molar-refractivity contribution in [3.63, 3.8) is 0 Å². The van der Waals surface area contributed by atoms with Gasteiger partial charge in [-0.25, -0.2) is 0 Å². The van der Waals surface area contributed by atoms with Crippen molar-refractivity contribution in [1.82, 2.24) is 0 Å². The maximum absolute atomic E-state index is 12.1. The van der Waals surface area contributed by atoms with Gasteiger partial charge in [-0.3, -0.25) is 4.79 Å². The van der Waals surface area contributed by atoms with Gasteiger partial charge < -0.3 is 4.74 Å². The second kappa shape index (κ2) is 5.87. The third-order valence-electron chi connectivity index (χ3n) is 2.29. The molecule has 1 aromatic carbocycles. The van der Waals surface area contributed by atoms with Gasteiger partial charge in [0, 0.05) is 4.47 Å². The lowest BCUT2D eigenvalue weighted by atomic mass is 10.2. The summed E-state index contributed by atoms with van der Waals surface area (Å²) < 4.78 is 7.12. The lowest BCUT2D eigenvalue weighted by Crippen LogP contribution is -2.23. The summed E-state index contributed by atoms with van der Waals surface area (Å²) in [6.07, 6.45) is -0.533. The Morgan fingerprint density at radius 1 is 1.39 bits per heavy atom. The Morgan fingerprint density at radius 2 is 2.17 bits per heavy atom. The highest BCUT2D eigenvalue weighted by atomic mass is 79.9. The first-order valence-corrected chi connectivity index (χ1v) is 7.27. The molecule has 2 rings (SSSR count). The van der Waals surface area contributed by atoms with Crippen molar-refractivity contribution < 1.29 is 9.53 Å². The van der Waals surface area contributed by atoms with Crippen LogP contribution in [0.4, 0.5) is 0 Å². The van der Waals surface area contributed by atoms with Gasteiger partial charge in [-0.1, -0.05) is 33.6 Å². The van der Waals surface area contributed by atoms with E-state index >= 15 is 0 Å². The Morgan fingerprint density at radius 3 is 2.78 bits per heavy atom. The van der Waals surface area contributed by atoms with Crippen molar-refractivity contribution in [3.05, 3.63) is 50.1 Å². The van der Waals surface area contributed by atoms with Crippen LogP contribution in [0.5, 0.6) is 5.75 Å². The molecule has 0 spiro atoms. The van der Waals surface area contributed by atoms with Gasteiger partial charge in [-0.15, -0.1) is 11.3 Å². The minimum atomic E-state index is -0.533. The summed E-state index contributed by atoms with van der Waals surface area (Å²) in [4.78, 5) is 12.7. The molecule has 0 fully saturated rings. The minimum absolute atomic E-state index is 0.0631. The number of halogens is 2. The standard InChI is InChI=1S/C13H10BrClO2S/c1-8(13(16)11-5-6-12(15)18-11)17-10-4-2-3-9(14)7-10/h2-8H,1H3. The lowest BCUT2D eigenvalue weighted by Gasteiger charge is -2.12. The summed E-state index contributed by atoms with van der Waals surface area (Å²) in [7, 11) is 0. The summed E-state index contributed by atoms with van der Waals surface area (Å²) in [6.45, 7) is 1.73. The van der Waals surface area contributed by atoms with Crippen molar-refractivity contribution in [2.45, 2.75) is 13.0 Å². The van der Waals surface area contributed by atoms with Gasteiger partial charge in [0.1, 0.15) is 5.75 Å². The SMILES string of the molecule is CC(Oc1cccc(Br)c1)C(=O)c1ccc(Cl)s1. The molecule has 5 heteroatoms. The van der Waals surface area contributed by atoms with Gasteiger partial charge in [0.2, 0.25) is 5.78 Å². The van der Waals surface area contributed by atoms with E-state index in [1.54, 1.807) is 19.1 Å². The maximum atomic E-state index is 12.1. The zero-order chi connectivity index (χ0) is 13.1. The van der Waals surface area contributed by atoms with Crippen LogP contribution in [-0.2, 0) is 0 Å². The molecule has 0 aliphatic rings. The highest BCUT2D eigenvalue weighted by molar-refractivity contribution is 9.10. The molecule has 1 aromatic heterocycles. The van der Waals surface area contributed by atoms with Crippen molar-refractivity contribution in [2.24, 2.45) is 0 Å². The van der Waals surface area contributed by atoms with E-state index in [1.807, 2.05) is 24.3 Å². The average molecular weight is 346 g/mol. The predicted molar refractivity (Wildman–Crippen MR) is 77.9 cm³/mol. The summed E-state index contributed by atoms with van der Waals surface area (Å²) >= 11 is 10.4. The van der Waals surface area contributed by atoms with Crippen LogP contribution in [0.25, 0.3) is 0 Å². The molecule has 0 saturated carbocycles. The Kier molecular flexibility index (Phi) is 4.43. The number of carbonyl (C=O) groups is 1. The first kappa shape index (κ1) is 13.6. The topological polar surface area (TPSA) is 26.3 Å². The number of benzene rings is 1. The van der Waals surface area contributed by atoms with E-state index in [0.717, 1.165) is 4.47 Å². The van der Waals surface area contributed by atoms with Crippen molar-refractivity contribution in [2.75, 3.05) is 0 Å². The zero-order valence-electron chi connectivity index (χ0n) is 9.52. The average Bonchev–Trinajstić information content (AvgIpc) is 2.75. The zero-order valence-corrected chi connectivity index (χ0v) is 12.7. The molecule has 0 saturated heterocycles. The second-order valence-electron chi connectivity index (χ2n) is 3.69. The molecule has 0 amide bonds. The van der Waals surface area contributed by atoms with Crippen LogP contribution in [-0.4, -0.2) is 11.9 Å². The summed E-state index contributed by atoms with van der Waals surface area (Å²) in [5.74, 6) is 0.597. The summed E-state index contributed by atoms with van der Waals surface area (Å²) in [6, 6.07) is 10.8. The molecule has 0 bridgehead atoms.